The van der Waals surface area contributed by atoms with Crippen molar-refractivity contribution in [2.24, 2.45) is 0 Å². The van der Waals surface area contributed by atoms with Gasteiger partial charge in [0.25, 0.3) is 5.91 Å². The fraction of sp³-hybridized carbons (Fsp3) is 0.458. The molecule has 1 amide bonds. The Hall–Kier alpha value is -3.94. The number of anilines is 3. The molecule has 1 fully saturated rings. The minimum absolute atomic E-state index is 0.00691. The van der Waals surface area contributed by atoms with E-state index in [1.165, 1.54) is 4.68 Å². The highest BCUT2D eigenvalue weighted by atomic mass is 19.4. The number of aliphatic hydroxyl groups excluding tert-OH is 1. The number of rotatable bonds is 7. The second kappa shape index (κ2) is 9.11. The van der Waals surface area contributed by atoms with Gasteiger partial charge < -0.3 is 25.0 Å². The second-order valence-corrected chi connectivity index (χ2v) is 9.57. The summed E-state index contributed by atoms with van der Waals surface area (Å²) in [6.07, 6.45) is -0.00896. The first kappa shape index (κ1) is 24.4. The number of pyridine rings is 1. The average Bonchev–Trinajstić information content (AvgIpc) is 3.65. The first-order valence-electron chi connectivity index (χ1n) is 12.3. The fourth-order valence-electron chi connectivity index (χ4n) is 4.73. The number of amides is 1. The molecule has 3 aromatic heterocycles. The van der Waals surface area contributed by atoms with Crippen molar-refractivity contribution in [1.29, 1.82) is 0 Å². The smallest absolute Gasteiger partial charge is 0.421 e. The highest BCUT2D eigenvalue weighted by Crippen LogP contribution is 2.42. The molecule has 2 aliphatic heterocycles. The van der Waals surface area contributed by atoms with Gasteiger partial charge in [0.05, 0.1) is 18.3 Å². The Morgan fingerprint density at radius 3 is 2.74 bits per heavy atom. The first-order valence-corrected chi connectivity index (χ1v) is 12.3. The third-order valence-electron chi connectivity index (χ3n) is 6.87. The van der Waals surface area contributed by atoms with Crippen molar-refractivity contribution in [2.45, 2.75) is 50.5 Å². The maximum absolute atomic E-state index is 13.1. The summed E-state index contributed by atoms with van der Waals surface area (Å²) in [6.45, 7) is 0.588. The number of aliphatic hydroxyl groups is 1. The Balaban J connectivity index is 1.17. The quantitative estimate of drug-likeness (QED) is 0.475. The number of hydrogen-bond acceptors (Lipinski definition) is 9. The molecule has 0 bridgehead atoms. The van der Waals surface area contributed by atoms with Crippen molar-refractivity contribution in [2.75, 3.05) is 35.3 Å². The van der Waals surface area contributed by atoms with Crippen LogP contribution in [0.3, 0.4) is 0 Å². The van der Waals surface area contributed by atoms with Gasteiger partial charge in [0.2, 0.25) is 17.7 Å². The van der Waals surface area contributed by atoms with Crippen LogP contribution >= 0.6 is 0 Å². The molecule has 38 heavy (non-hydrogen) atoms. The molecule has 0 spiro atoms. The van der Waals surface area contributed by atoms with Crippen LogP contribution < -0.4 is 19.9 Å². The van der Waals surface area contributed by atoms with E-state index in [-0.39, 0.29) is 30.3 Å². The second-order valence-electron chi connectivity index (χ2n) is 9.57. The molecule has 0 unspecified atom stereocenters. The molecular formula is C24H25F3N8O3. The minimum Gasteiger partial charge on any atom is -0.421 e. The molecule has 200 valence electrons. The number of halogens is 3. The number of likely N-dealkylation sites (N-methyl/N-ethyl adjacent to an activating group) is 1. The summed E-state index contributed by atoms with van der Waals surface area (Å²) in [7, 11) is 1.73. The van der Waals surface area contributed by atoms with Gasteiger partial charge in [-0.1, -0.05) is 6.07 Å². The number of alkyl halides is 3. The molecule has 1 aliphatic carbocycles. The summed E-state index contributed by atoms with van der Waals surface area (Å²) >= 11 is 0. The van der Waals surface area contributed by atoms with Crippen molar-refractivity contribution in [1.82, 2.24) is 24.7 Å². The van der Waals surface area contributed by atoms with E-state index < -0.39 is 17.9 Å². The van der Waals surface area contributed by atoms with Gasteiger partial charge in [-0.25, -0.2) is 14.6 Å². The Morgan fingerprint density at radius 2 is 2.05 bits per heavy atom. The van der Waals surface area contributed by atoms with Crippen LogP contribution in [0.2, 0.25) is 0 Å². The van der Waals surface area contributed by atoms with E-state index in [0.717, 1.165) is 36.6 Å². The monoisotopic (exact) mass is 530 g/mol. The molecule has 0 radical (unpaired) electrons. The highest BCUT2D eigenvalue weighted by Gasteiger charge is 2.41. The zero-order valence-corrected chi connectivity index (χ0v) is 20.4. The Labute approximate surface area is 215 Å². The highest BCUT2D eigenvalue weighted by molar-refractivity contribution is 6.05. The Bertz CT molecular complexity index is 1370. The Kier molecular flexibility index (Phi) is 5.85. The van der Waals surface area contributed by atoms with Crippen LogP contribution in [0.15, 0.2) is 24.4 Å². The van der Waals surface area contributed by atoms with Crippen LogP contribution in [0.5, 0.6) is 11.8 Å². The molecule has 6 rings (SSSR count). The van der Waals surface area contributed by atoms with Crippen molar-refractivity contribution in [3.05, 3.63) is 41.3 Å². The molecule has 3 aromatic rings. The average molecular weight is 531 g/mol. The van der Waals surface area contributed by atoms with Crippen molar-refractivity contribution in [3.8, 4) is 11.8 Å². The van der Waals surface area contributed by atoms with Gasteiger partial charge in [0.15, 0.2) is 11.5 Å². The maximum Gasteiger partial charge on any atom is 0.435 e. The van der Waals surface area contributed by atoms with Gasteiger partial charge in [-0.15, -0.1) is 0 Å². The van der Waals surface area contributed by atoms with Crippen LogP contribution in [0.1, 0.15) is 42.3 Å². The van der Waals surface area contributed by atoms with E-state index in [4.69, 9.17) is 4.74 Å². The Morgan fingerprint density at radius 1 is 1.24 bits per heavy atom. The number of carbonyl (C=O) groups excluding carboxylic acids is 1. The first-order chi connectivity index (χ1) is 18.2. The van der Waals surface area contributed by atoms with Crippen molar-refractivity contribution >= 4 is 23.4 Å². The lowest BCUT2D eigenvalue weighted by Crippen LogP contribution is -2.55. The van der Waals surface area contributed by atoms with Crippen LogP contribution in [0, 0.1) is 0 Å². The molecule has 14 heteroatoms. The van der Waals surface area contributed by atoms with Crippen LogP contribution in [0.4, 0.5) is 30.6 Å². The SMILES string of the molecule is CN1c2nc(NCc3ccc(Oc4cc(C(F)(F)F)nn4C4CC4)nc3)nc3c2N(CCC3)C(=O)[C@@H]1CO. The van der Waals surface area contributed by atoms with E-state index in [9.17, 15) is 23.1 Å². The number of aromatic nitrogens is 5. The zero-order chi connectivity index (χ0) is 26.6. The minimum atomic E-state index is -4.56. The topological polar surface area (TPSA) is 122 Å². The number of carbonyl (C=O) groups is 1. The standard InChI is InChI=1S/C24H25F3N8O3/c1-33-16(12-36)22(37)34-8-2-3-15-20(34)21(33)31-23(30-15)29-11-13-4-7-18(28-10-13)38-19-9-17(24(25,26)27)32-35(19)14-5-6-14/h4,7,9-10,14,16,36H,2-3,5-6,8,11-12H2,1H3,(H,29,30,31)/t16-/m0/s1. The van der Waals surface area contributed by atoms with Gasteiger partial charge in [-0.3, -0.25) is 4.79 Å². The summed E-state index contributed by atoms with van der Waals surface area (Å²) in [5.41, 5.74) is 1.25. The fourth-order valence-corrected chi connectivity index (χ4v) is 4.73. The summed E-state index contributed by atoms with van der Waals surface area (Å²) in [6, 6.07) is 3.42. The van der Waals surface area contributed by atoms with E-state index in [1.54, 1.807) is 35.2 Å². The number of ether oxygens (including phenoxy) is 1. The van der Waals surface area contributed by atoms with E-state index in [2.05, 4.69) is 25.4 Å². The normalized spacial score (nSPS) is 19.0. The molecule has 3 aliphatic rings. The third kappa shape index (κ3) is 4.38. The van der Waals surface area contributed by atoms with Crippen LogP contribution in [0.25, 0.3) is 0 Å². The molecule has 1 atom stereocenters. The molecule has 5 heterocycles. The van der Waals surface area contributed by atoms with Crippen LogP contribution in [-0.2, 0) is 23.9 Å². The summed E-state index contributed by atoms with van der Waals surface area (Å²) in [5.74, 6) is 0.971. The van der Waals surface area contributed by atoms with Gasteiger partial charge in [-0.2, -0.15) is 23.3 Å². The van der Waals surface area contributed by atoms with Gasteiger partial charge >= 0.3 is 6.18 Å². The lowest BCUT2D eigenvalue weighted by molar-refractivity contribution is -0.141. The predicted octanol–water partition coefficient (Wildman–Crippen LogP) is 2.92. The number of nitrogens with zero attached hydrogens (tertiary/aromatic N) is 7. The van der Waals surface area contributed by atoms with Crippen molar-refractivity contribution in [3.63, 3.8) is 0 Å². The molecular weight excluding hydrogens is 505 g/mol. The summed E-state index contributed by atoms with van der Waals surface area (Å²) in [4.78, 5) is 29.6. The van der Waals surface area contributed by atoms with Gasteiger partial charge in [0.1, 0.15) is 11.7 Å². The largest absolute Gasteiger partial charge is 0.435 e. The predicted molar refractivity (Wildman–Crippen MR) is 129 cm³/mol. The zero-order valence-electron chi connectivity index (χ0n) is 20.4. The lowest BCUT2D eigenvalue weighted by Gasteiger charge is -2.42. The van der Waals surface area contributed by atoms with E-state index in [0.29, 0.717) is 37.0 Å². The van der Waals surface area contributed by atoms with E-state index >= 15 is 0 Å². The molecule has 2 N–H and O–H groups in total. The molecule has 0 aromatic carbocycles. The maximum atomic E-state index is 13.1. The molecule has 0 saturated heterocycles. The van der Waals surface area contributed by atoms with Crippen LogP contribution in [-0.4, -0.2) is 62.0 Å². The number of hydrogen-bond donors (Lipinski definition) is 2. The van der Waals surface area contributed by atoms with E-state index in [1.807, 2.05) is 0 Å². The summed E-state index contributed by atoms with van der Waals surface area (Å²) < 4.78 is 46.3. The third-order valence-corrected chi connectivity index (χ3v) is 6.87. The number of nitrogens with one attached hydrogen (secondary N) is 1. The van der Waals surface area contributed by atoms with Gasteiger partial charge in [0, 0.05) is 38.5 Å². The van der Waals surface area contributed by atoms with Crippen molar-refractivity contribution < 1.29 is 27.8 Å². The number of aryl methyl sites for hydroxylation is 1. The van der Waals surface area contributed by atoms with Gasteiger partial charge in [-0.05, 0) is 31.2 Å². The summed E-state index contributed by atoms with van der Waals surface area (Å²) in [5, 5.41) is 16.6. The lowest BCUT2D eigenvalue weighted by atomic mass is 10.0. The molecule has 11 nitrogen and oxygen atoms in total. The molecule has 1 saturated carbocycles.